The van der Waals surface area contributed by atoms with Crippen LogP contribution in [0.25, 0.3) is 0 Å². The molecule has 0 saturated carbocycles. The molecule has 3 nitrogen and oxygen atoms in total. The molecule has 1 aliphatic heterocycles. The number of nitrogens with one attached hydrogen (secondary N) is 1. The van der Waals surface area contributed by atoms with E-state index in [1.54, 1.807) is 18.7 Å². The van der Waals surface area contributed by atoms with E-state index in [2.05, 4.69) is 5.32 Å². The highest BCUT2D eigenvalue weighted by atomic mass is 32.2. The quantitative estimate of drug-likeness (QED) is 0.589. The van der Waals surface area contributed by atoms with Crippen molar-refractivity contribution in [1.29, 1.82) is 0 Å². The van der Waals surface area contributed by atoms with Gasteiger partial charge in [0, 0.05) is 24.0 Å². The van der Waals surface area contributed by atoms with Crippen molar-refractivity contribution in [1.82, 2.24) is 5.32 Å². The molecule has 2 N–H and O–H groups in total. The average molecular weight is 175 g/mol. The van der Waals surface area contributed by atoms with Gasteiger partial charge < -0.3 is 10.4 Å². The monoisotopic (exact) mass is 175 g/mol. The van der Waals surface area contributed by atoms with Crippen molar-refractivity contribution in [3.05, 3.63) is 0 Å². The van der Waals surface area contributed by atoms with Crippen LogP contribution in [0.4, 0.5) is 0 Å². The molecule has 11 heavy (non-hydrogen) atoms. The second kappa shape index (κ2) is 3.97. The summed E-state index contributed by atoms with van der Waals surface area (Å²) in [5.74, 6) is 0.960. The van der Waals surface area contributed by atoms with E-state index in [9.17, 15) is 9.90 Å². The molecule has 1 saturated heterocycles. The van der Waals surface area contributed by atoms with Gasteiger partial charge in [-0.05, 0) is 6.92 Å². The zero-order valence-electron chi connectivity index (χ0n) is 6.54. The van der Waals surface area contributed by atoms with E-state index >= 15 is 0 Å². The van der Waals surface area contributed by atoms with E-state index in [-0.39, 0.29) is 17.3 Å². The number of rotatable bonds is 1. The number of thioether (sulfide) groups is 1. The highest BCUT2D eigenvalue weighted by Crippen LogP contribution is 2.19. The van der Waals surface area contributed by atoms with Gasteiger partial charge in [-0.15, -0.1) is 0 Å². The lowest BCUT2D eigenvalue weighted by Gasteiger charge is -2.14. The zero-order valence-corrected chi connectivity index (χ0v) is 7.36. The van der Waals surface area contributed by atoms with Crippen LogP contribution in [0.15, 0.2) is 0 Å². The highest BCUT2D eigenvalue weighted by Gasteiger charge is 2.21. The first-order chi connectivity index (χ1) is 5.20. The van der Waals surface area contributed by atoms with E-state index in [4.69, 9.17) is 0 Å². The number of carbonyl (C=O) groups excluding carboxylic acids is 1. The smallest absolute Gasteiger partial charge is 0.221 e. The molecule has 0 aromatic heterocycles. The summed E-state index contributed by atoms with van der Waals surface area (Å²) in [6, 6.07) is 0. The van der Waals surface area contributed by atoms with Crippen molar-refractivity contribution < 1.29 is 9.90 Å². The minimum Gasteiger partial charge on any atom is -0.392 e. The summed E-state index contributed by atoms with van der Waals surface area (Å²) in [5, 5.41) is 12.1. The van der Waals surface area contributed by atoms with Gasteiger partial charge in [-0.25, -0.2) is 0 Å². The third-order valence-electron chi connectivity index (χ3n) is 1.68. The number of aliphatic hydroxyl groups is 1. The molecule has 0 bridgehead atoms. The number of hydrogen-bond acceptors (Lipinski definition) is 3. The largest absolute Gasteiger partial charge is 0.392 e. The molecular formula is C7H13NO2S. The van der Waals surface area contributed by atoms with Gasteiger partial charge >= 0.3 is 0 Å². The normalized spacial score (nSPS) is 28.9. The molecule has 1 heterocycles. The summed E-state index contributed by atoms with van der Waals surface area (Å²) in [4.78, 5) is 11.0. The van der Waals surface area contributed by atoms with Crippen molar-refractivity contribution >= 4 is 17.7 Å². The Morgan fingerprint density at radius 3 is 3.18 bits per heavy atom. The maximum Gasteiger partial charge on any atom is 0.221 e. The van der Waals surface area contributed by atoms with Gasteiger partial charge in [0.1, 0.15) is 0 Å². The molecule has 64 valence electrons. The second-order valence-electron chi connectivity index (χ2n) is 2.70. The number of aliphatic hydroxyl groups excluding tert-OH is 1. The van der Waals surface area contributed by atoms with Gasteiger partial charge in [0.15, 0.2) is 0 Å². The second-order valence-corrected chi connectivity index (χ2v) is 4.05. The predicted octanol–water partition coefficient (Wildman–Crippen LogP) is -0.0111. The van der Waals surface area contributed by atoms with Crippen LogP contribution in [0.5, 0.6) is 0 Å². The lowest BCUT2D eigenvalue weighted by molar-refractivity contribution is -0.121. The fraction of sp³-hybridized carbons (Fsp3) is 0.857. The molecule has 0 aromatic rings. The lowest BCUT2D eigenvalue weighted by Crippen LogP contribution is -2.27. The van der Waals surface area contributed by atoms with E-state index in [0.717, 1.165) is 12.3 Å². The van der Waals surface area contributed by atoms with E-state index < -0.39 is 0 Å². The minimum atomic E-state index is -0.385. The maximum absolute atomic E-state index is 11.0. The van der Waals surface area contributed by atoms with Crippen LogP contribution in [0.3, 0.4) is 0 Å². The van der Waals surface area contributed by atoms with Gasteiger partial charge in [-0.1, -0.05) is 0 Å². The van der Waals surface area contributed by atoms with Crippen LogP contribution >= 0.6 is 11.8 Å². The van der Waals surface area contributed by atoms with Crippen LogP contribution in [-0.4, -0.2) is 34.7 Å². The third kappa shape index (κ3) is 2.71. The maximum atomic E-state index is 11.0. The van der Waals surface area contributed by atoms with Crippen LogP contribution < -0.4 is 5.32 Å². The first kappa shape index (κ1) is 8.87. The highest BCUT2D eigenvalue weighted by molar-refractivity contribution is 8.00. The fourth-order valence-corrected chi connectivity index (χ4v) is 2.09. The summed E-state index contributed by atoms with van der Waals surface area (Å²) in [5.41, 5.74) is 0. The van der Waals surface area contributed by atoms with Crippen molar-refractivity contribution in [3.63, 3.8) is 0 Å². The molecule has 1 fully saturated rings. The van der Waals surface area contributed by atoms with E-state index in [1.807, 2.05) is 0 Å². The molecule has 0 aliphatic carbocycles. The predicted molar refractivity (Wildman–Crippen MR) is 45.6 cm³/mol. The Bertz CT molecular complexity index is 149. The van der Waals surface area contributed by atoms with Crippen molar-refractivity contribution in [3.8, 4) is 0 Å². The summed E-state index contributed by atoms with van der Waals surface area (Å²) in [6.45, 7) is 2.46. The molecular weight excluding hydrogens is 162 g/mol. The molecule has 2 atom stereocenters. The molecule has 4 heteroatoms. The molecule has 1 aliphatic rings. The Hall–Kier alpha value is -0.220. The zero-order chi connectivity index (χ0) is 8.27. The Kier molecular flexibility index (Phi) is 3.20. The van der Waals surface area contributed by atoms with Crippen LogP contribution in [-0.2, 0) is 4.79 Å². The van der Waals surface area contributed by atoms with Crippen LogP contribution in [0.2, 0.25) is 0 Å². The molecule has 0 radical (unpaired) electrons. The summed E-state index contributed by atoms with van der Waals surface area (Å²) in [7, 11) is 0. The standard InChI is InChI=1S/C7H13NO2S/c1-5(9)6-4-7(10)8-2-3-11-6/h5-6,9H,2-4H2,1H3,(H,8,10)/t5-,6-/m0/s1. The average Bonchev–Trinajstić information content (AvgIpc) is 2.13. The Morgan fingerprint density at radius 2 is 2.55 bits per heavy atom. The summed E-state index contributed by atoms with van der Waals surface area (Å²) >= 11 is 1.66. The van der Waals surface area contributed by atoms with Crippen LogP contribution in [0.1, 0.15) is 13.3 Å². The van der Waals surface area contributed by atoms with Gasteiger partial charge in [-0.3, -0.25) is 4.79 Å². The third-order valence-corrected chi connectivity index (χ3v) is 3.11. The number of hydrogen-bond donors (Lipinski definition) is 2. The lowest BCUT2D eigenvalue weighted by atomic mass is 10.2. The fourth-order valence-electron chi connectivity index (χ4n) is 1.02. The molecule has 1 rings (SSSR count). The van der Waals surface area contributed by atoms with E-state index in [0.29, 0.717) is 6.42 Å². The van der Waals surface area contributed by atoms with Gasteiger partial charge in [-0.2, -0.15) is 11.8 Å². The Balaban J connectivity index is 2.45. The number of carbonyl (C=O) groups is 1. The van der Waals surface area contributed by atoms with E-state index in [1.165, 1.54) is 0 Å². The molecule has 1 amide bonds. The van der Waals surface area contributed by atoms with Crippen molar-refractivity contribution in [2.75, 3.05) is 12.3 Å². The van der Waals surface area contributed by atoms with Gasteiger partial charge in [0.25, 0.3) is 0 Å². The van der Waals surface area contributed by atoms with Crippen LogP contribution in [0, 0.1) is 0 Å². The number of amides is 1. The summed E-state index contributed by atoms with van der Waals surface area (Å²) in [6.07, 6.45) is 0.0614. The minimum absolute atomic E-state index is 0.0564. The van der Waals surface area contributed by atoms with Crippen molar-refractivity contribution in [2.45, 2.75) is 24.7 Å². The first-order valence-electron chi connectivity index (χ1n) is 3.76. The summed E-state index contributed by atoms with van der Waals surface area (Å²) < 4.78 is 0. The van der Waals surface area contributed by atoms with Crippen molar-refractivity contribution in [2.24, 2.45) is 0 Å². The molecule has 0 spiro atoms. The van der Waals surface area contributed by atoms with Gasteiger partial charge in [0.2, 0.25) is 5.91 Å². The molecule has 0 unspecified atom stereocenters. The topological polar surface area (TPSA) is 49.3 Å². The Labute approximate surface area is 70.6 Å². The first-order valence-corrected chi connectivity index (χ1v) is 4.81. The molecule has 0 aromatic carbocycles. The SMILES string of the molecule is C[C@H](O)[C@@H]1CC(=O)NCCS1. The van der Waals surface area contributed by atoms with Gasteiger partial charge in [0.05, 0.1) is 6.10 Å². The Morgan fingerprint density at radius 1 is 1.82 bits per heavy atom.